The fraction of sp³-hybridized carbons (Fsp3) is 0.333. The maximum absolute atomic E-state index is 13.9. The monoisotopic (exact) mass is 609 g/mol. The molecule has 0 unspecified atom stereocenters. The zero-order chi connectivity index (χ0) is 31.4. The highest BCUT2D eigenvalue weighted by atomic mass is 19.4. The topological polar surface area (TPSA) is 123 Å². The van der Waals surface area contributed by atoms with Gasteiger partial charge in [0.05, 0.1) is 23.4 Å². The molecule has 4 aromatic rings. The van der Waals surface area contributed by atoms with Gasteiger partial charge >= 0.3 is 6.18 Å². The molecule has 0 aliphatic carbocycles. The molecule has 4 N–H and O–H groups in total. The normalized spacial score (nSPS) is 14.0. The Morgan fingerprint density at radius 3 is 2.52 bits per heavy atom. The summed E-state index contributed by atoms with van der Waals surface area (Å²) in [7, 11) is 3.55. The molecule has 0 radical (unpaired) electrons. The molecule has 1 aliphatic heterocycles. The minimum atomic E-state index is -4.62. The molecule has 232 valence electrons. The summed E-state index contributed by atoms with van der Waals surface area (Å²) < 4.78 is 43.2. The molecular formula is C30H34F3N9O2. The van der Waals surface area contributed by atoms with E-state index < -0.39 is 17.6 Å². The highest BCUT2D eigenvalue weighted by Crippen LogP contribution is 2.34. The SMILES string of the molecule is CNc1cc(-c2cn(C)nc2Nc2cc(NC(=O)c3cc(N4CCN(CCO)CC4)cc(C(F)(F)F)c3)ccc2C)ncn1. The number of β-amino-alcohol motifs (C(OH)–C–C–N with tert-alkyl or cyclic N) is 1. The van der Waals surface area contributed by atoms with Crippen molar-refractivity contribution < 1.29 is 23.1 Å². The summed E-state index contributed by atoms with van der Waals surface area (Å²) >= 11 is 0. The molecule has 2 aromatic heterocycles. The van der Waals surface area contributed by atoms with Crippen LogP contribution in [0, 0.1) is 6.92 Å². The Morgan fingerprint density at radius 1 is 1.05 bits per heavy atom. The number of carbonyl (C=O) groups is 1. The van der Waals surface area contributed by atoms with Gasteiger partial charge in [0, 0.05) is 81.7 Å². The Labute approximate surface area is 252 Å². The van der Waals surface area contributed by atoms with Crippen LogP contribution >= 0.6 is 0 Å². The number of nitrogens with one attached hydrogen (secondary N) is 3. The summed E-state index contributed by atoms with van der Waals surface area (Å²) in [6.45, 7) is 4.59. The number of anilines is 5. The Hall–Kier alpha value is -4.69. The van der Waals surface area contributed by atoms with Gasteiger partial charge < -0.3 is 26.0 Å². The predicted octanol–water partition coefficient (Wildman–Crippen LogP) is 4.36. The molecule has 3 heterocycles. The van der Waals surface area contributed by atoms with Gasteiger partial charge in [-0.1, -0.05) is 6.07 Å². The summed E-state index contributed by atoms with van der Waals surface area (Å²) in [5.74, 6) is 0.513. The van der Waals surface area contributed by atoms with E-state index in [1.54, 1.807) is 43.0 Å². The number of carbonyl (C=O) groups excluding carboxylic acids is 1. The first-order chi connectivity index (χ1) is 21.0. The summed E-state index contributed by atoms with van der Waals surface area (Å²) in [4.78, 5) is 25.7. The molecule has 44 heavy (non-hydrogen) atoms. The average Bonchev–Trinajstić information content (AvgIpc) is 3.38. The Kier molecular flexibility index (Phi) is 9.01. The molecule has 0 bridgehead atoms. The van der Waals surface area contributed by atoms with Crippen molar-refractivity contribution in [3.8, 4) is 11.3 Å². The van der Waals surface area contributed by atoms with Crippen LogP contribution in [0.1, 0.15) is 21.5 Å². The first-order valence-electron chi connectivity index (χ1n) is 14.1. The number of halogens is 3. The van der Waals surface area contributed by atoms with Crippen molar-refractivity contribution in [3.63, 3.8) is 0 Å². The van der Waals surface area contributed by atoms with Crippen molar-refractivity contribution in [1.82, 2.24) is 24.6 Å². The number of aliphatic hydroxyl groups is 1. The minimum Gasteiger partial charge on any atom is -0.395 e. The van der Waals surface area contributed by atoms with E-state index in [1.165, 1.54) is 12.4 Å². The number of aryl methyl sites for hydroxylation is 2. The molecule has 0 atom stereocenters. The lowest BCUT2D eigenvalue weighted by Crippen LogP contribution is -2.47. The lowest BCUT2D eigenvalue weighted by atomic mass is 10.1. The van der Waals surface area contributed by atoms with Crippen molar-refractivity contribution >= 4 is 34.6 Å². The summed E-state index contributed by atoms with van der Waals surface area (Å²) in [5, 5.41) is 22.8. The van der Waals surface area contributed by atoms with Gasteiger partial charge in [0.1, 0.15) is 12.1 Å². The lowest BCUT2D eigenvalue weighted by Gasteiger charge is -2.36. The second kappa shape index (κ2) is 12.9. The minimum absolute atomic E-state index is 0.0204. The molecule has 14 heteroatoms. The van der Waals surface area contributed by atoms with E-state index in [0.29, 0.717) is 67.1 Å². The molecular weight excluding hydrogens is 575 g/mol. The van der Waals surface area contributed by atoms with Gasteiger partial charge in [-0.25, -0.2) is 9.97 Å². The Bertz CT molecular complexity index is 1630. The fourth-order valence-electron chi connectivity index (χ4n) is 5.03. The van der Waals surface area contributed by atoms with Gasteiger partial charge in [0.25, 0.3) is 5.91 Å². The van der Waals surface area contributed by atoms with Gasteiger partial charge in [0.2, 0.25) is 0 Å². The molecule has 2 aromatic carbocycles. The van der Waals surface area contributed by atoms with Crippen LogP contribution in [0.3, 0.4) is 0 Å². The Balaban J connectivity index is 1.38. The number of amides is 1. The average molecular weight is 610 g/mol. The van der Waals surface area contributed by atoms with Crippen LogP contribution in [0.4, 0.5) is 41.9 Å². The summed E-state index contributed by atoms with van der Waals surface area (Å²) in [6.07, 6.45) is -1.35. The summed E-state index contributed by atoms with van der Waals surface area (Å²) in [5.41, 5.74) is 2.63. The second-order valence-electron chi connectivity index (χ2n) is 10.5. The number of hydrogen-bond acceptors (Lipinski definition) is 9. The predicted molar refractivity (Wildman–Crippen MR) is 163 cm³/mol. The third-order valence-electron chi connectivity index (χ3n) is 7.44. The second-order valence-corrected chi connectivity index (χ2v) is 10.5. The van der Waals surface area contributed by atoms with E-state index in [4.69, 9.17) is 0 Å². The third kappa shape index (κ3) is 7.09. The molecule has 1 fully saturated rings. The molecule has 1 saturated heterocycles. The summed E-state index contributed by atoms with van der Waals surface area (Å²) in [6, 6.07) is 10.4. The van der Waals surface area contributed by atoms with Gasteiger partial charge in [-0.3, -0.25) is 14.4 Å². The van der Waals surface area contributed by atoms with Gasteiger partial charge in [-0.15, -0.1) is 0 Å². The Morgan fingerprint density at radius 2 is 1.82 bits per heavy atom. The zero-order valence-corrected chi connectivity index (χ0v) is 24.6. The number of aromatic nitrogens is 4. The van der Waals surface area contributed by atoms with Crippen LogP contribution in [0.15, 0.2) is 55.0 Å². The fourth-order valence-corrected chi connectivity index (χ4v) is 5.03. The van der Waals surface area contributed by atoms with Crippen LogP contribution in [0.25, 0.3) is 11.3 Å². The lowest BCUT2D eigenvalue weighted by molar-refractivity contribution is -0.137. The van der Waals surface area contributed by atoms with Crippen molar-refractivity contribution in [2.75, 3.05) is 67.2 Å². The first-order valence-corrected chi connectivity index (χ1v) is 14.1. The van der Waals surface area contributed by atoms with Gasteiger partial charge in [0.15, 0.2) is 5.82 Å². The first kappa shape index (κ1) is 30.8. The van der Waals surface area contributed by atoms with Crippen molar-refractivity contribution in [1.29, 1.82) is 0 Å². The van der Waals surface area contributed by atoms with Gasteiger partial charge in [-0.2, -0.15) is 18.3 Å². The number of hydrogen-bond donors (Lipinski definition) is 4. The number of nitrogens with zero attached hydrogens (tertiary/aromatic N) is 6. The molecule has 0 saturated carbocycles. The van der Waals surface area contributed by atoms with E-state index in [1.807, 2.05) is 22.9 Å². The van der Waals surface area contributed by atoms with Crippen LogP contribution in [0.2, 0.25) is 0 Å². The number of rotatable bonds is 9. The molecule has 5 rings (SSSR count). The molecule has 11 nitrogen and oxygen atoms in total. The standard InChI is InChI=1S/C30H34F3N9O2/c1-19-4-5-22(15-25(19)38-28-24(17-40(3)39-28)26-16-27(34-2)36-18-35-26)37-29(44)20-12-21(30(31,32)33)14-23(13-20)42-8-6-41(7-9-42)10-11-43/h4-5,12-18,43H,6-11H2,1-3H3,(H,37,44)(H,38,39)(H,34,35,36). The van der Waals surface area contributed by atoms with E-state index in [2.05, 4.69) is 31.0 Å². The maximum Gasteiger partial charge on any atom is 0.416 e. The van der Waals surface area contributed by atoms with E-state index in [-0.39, 0.29) is 12.2 Å². The number of alkyl halides is 3. The zero-order valence-electron chi connectivity index (χ0n) is 24.6. The van der Waals surface area contributed by atoms with Crippen molar-refractivity contribution in [2.45, 2.75) is 13.1 Å². The number of benzene rings is 2. The van der Waals surface area contributed by atoms with Crippen LogP contribution < -0.4 is 20.9 Å². The van der Waals surface area contributed by atoms with Crippen LogP contribution in [0.5, 0.6) is 0 Å². The third-order valence-corrected chi connectivity index (χ3v) is 7.44. The molecule has 0 spiro atoms. The van der Waals surface area contributed by atoms with E-state index in [0.717, 1.165) is 23.3 Å². The molecule has 1 amide bonds. The maximum atomic E-state index is 13.9. The van der Waals surface area contributed by atoms with Gasteiger partial charge in [-0.05, 0) is 42.8 Å². The number of piperazine rings is 1. The van der Waals surface area contributed by atoms with E-state index in [9.17, 15) is 23.1 Å². The highest BCUT2D eigenvalue weighted by molar-refractivity contribution is 6.05. The van der Waals surface area contributed by atoms with Crippen molar-refractivity contribution in [3.05, 3.63) is 71.7 Å². The molecule has 1 aliphatic rings. The smallest absolute Gasteiger partial charge is 0.395 e. The largest absolute Gasteiger partial charge is 0.416 e. The van der Waals surface area contributed by atoms with Crippen LogP contribution in [-0.4, -0.2) is 82.0 Å². The highest BCUT2D eigenvalue weighted by Gasteiger charge is 2.33. The van der Waals surface area contributed by atoms with Crippen LogP contribution in [-0.2, 0) is 13.2 Å². The number of aliphatic hydroxyl groups excluding tert-OH is 1. The van der Waals surface area contributed by atoms with E-state index >= 15 is 0 Å². The van der Waals surface area contributed by atoms with Crippen molar-refractivity contribution in [2.24, 2.45) is 7.05 Å². The quantitative estimate of drug-likeness (QED) is 0.219.